The molecule has 0 bridgehead atoms. The van der Waals surface area contributed by atoms with Gasteiger partial charge in [-0.15, -0.1) is 0 Å². The van der Waals surface area contributed by atoms with E-state index in [2.05, 4.69) is 43.3 Å². The Bertz CT molecular complexity index is 1160. The molecule has 0 aliphatic rings. The van der Waals surface area contributed by atoms with Gasteiger partial charge in [0.05, 0.1) is 19.4 Å². The number of hydrogen-bond donors (Lipinski definition) is 0. The van der Waals surface area contributed by atoms with E-state index in [1.807, 2.05) is 43.3 Å². The molecule has 2 heterocycles. The summed E-state index contributed by atoms with van der Waals surface area (Å²) in [6, 6.07) is 21.2. The summed E-state index contributed by atoms with van der Waals surface area (Å²) in [5, 5.41) is 4.05. The Morgan fingerprint density at radius 1 is 1.03 bits per heavy atom. The van der Waals surface area contributed by atoms with Crippen molar-refractivity contribution in [2.24, 2.45) is 0 Å². The molecule has 0 atom stereocenters. The molecule has 0 fully saturated rings. The third kappa shape index (κ3) is 5.52. The normalized spacial score (nSPS) is 11.0. The number of hydrogen-bond acceptors (Lipinski definition) is 5. The molecule has 0 saturated carbocycles. The Kier molecular flexibility index (Phi) is 6.93. The Morgan fingerprint density at radius 2 is 1.79 bits per heavy atom. The standard InChI is InChI=1S/C27H28N2O4/c1-4-31-23-13-11-22(12-14-23)26-16-25(28-33-26)27(30)29(18-24-6-5-15-32-24)17-20-7-9-21(10-8-20)19(2)3/h5-16,19H,4,17-18H2,1-3H3. The van der Waals surface area contributed by atoms with Crippen LogP contribution in [0, 0.1) is 0 Å². The molecule has 6 heteroatoms. The lowest BCUT2D eigenvalue weighted by Crippen LogP contribution is -2.30. The van der Waals surface area contributed by atoms with E-state index in [1.54, 1.807) is 17.2 Å². The van der Waals surface area contributed by atoms with Gasteiger partial charge < -0.3 is 18.6 Å². The van der Waals surface area contributed by atoms with Gasteiger partial charge in [-0.3, -0.25) is 4.79 Å². The Balaban J connectivity index is 1.54. The third-order valence-corrected chi connectivity index (χ3v) is 5.41. The summed E-state index contributed by atoms with van der Waals surface area (Å²) in [7, 11) is 0. The van der Waals surface area contributed by atoms with Gasteiger partial charge in [-0.05, 0) is 60.4 Å². The number of carbonyl (C=O) groups excluding carboxylic acids is 1. The lowest BCUT2D eigenvalue weighted by Gasteiger charge is -2.21. The summed E-state index contributed by atoms with van der Waals surface area (Å²) < 4.78 is 16.5. The molecule has 1 amide bonds. The molecule has 2 aromatic carbocycles. The van der Waals surface area contributed by atoms with E-state index in [-0.39, 0.29) is 11.6 Å². The maximum absolute atomic E-state index is 13.4. The van der Waals surface area contributed by atoms with Crippen LogP contribution >= 0.6 is 0 Å². The molecule has 0 radical (unpaired) electrons. The van der Waals surface area contributed by atoms with Crippen molar-refractivity contribution in [1.29, 1.82) is 0 Å². The third-order valence-electron chi connectivity index (χ3n) is 5.41. The number of furan rings is 1. The van der Waals surface area contributed by atoms with Crippen LogP contribution in [0.4, 0.5) is 0 Å². The first-order valence-electron chi connectivity index (χ1n) is 11.1. The maximum atomic E-state index is 13.4. The second-order valence-corrected chi connectivity index (χ2v) is 8.17. The molecular formula is C27H28N2O4. The van der Waals surface area contributed by atoms with Crippen LogP contribution in [0.5, 0.6) is 5.75 Å². The first-order chi connectivity index (χ1) is 16.0. The average molecular weight is 445 g/mol. The lowest BCUT2D eigenvalue weighted by molar-refractivity contribution is 0.0707. The van der Waals surface area contributed by atoms with Crippen molar-refractivity contribution in [2.75, 3.05) is 6.61 Å². The number of rotatable bonds is 9. The fourth-order valence-corrected chi connectivity index (χ4v) is 3.57. The SMILES string of the molecule is CCOc1ccc(-c2cc(C(=O)N(Cc3ccc(C(C)C)cc3)Cc3ccco3)no2)cc1. The van der Waals surface area contributed by atoms with E-state index in [9.17, 15) is 4.79 Å². The zero-order chi connectivity index (χ0) is 23.2. The molecule has 33 heavy (non-hydrogen) atoms. The molecule has 0 spiro atoms. The number of ether oxygens (including phenoxy) is 1. The van der Waals surface area contributed by atoms with Gasteiger partial charge in [-0.1, -0.05) is 43.3 Å². The Labute approximate surface area is 193 Å². The predicted molar refractivity (Wildman–Crippen MR) is 126 cm³/mol. The maximum Gasteiger partial charge on any atom is 0.276 e. The molecule has 0 aliphatic heterocycles. The van der Waals surface area contributed by atoms with Crippen molar-refractivity contribution in [3.63, 3.8) is 0 Å². The van der Waals surface area contributed by atoms with Gasteiger partial charge in [-0.2, -0.15) is 0 Å². The molecular weight excluding hydrogens is 416 g/mol. The first kappa shape index (κ1) is 22.4. The van der Waals surface area contributed by atoms with E-state index < -0.39 is 0 Å². The minimum Gasteiger partial charge on any atom is -0.494 e. The molecule has 4 aromatic rings. The van der Waals surface area contributed by atoms with Gasteiger partial charge in [0, 0.05) is 18.2 Å². The van der Waals surface area contributed by atoms with Crippen LogP contribution < -0.4 is 4.74 Å². The number of nitrogens with zero attached hydrogens (tertiary/aromatic N) is 2. The quantitative estimate of drug-likeness (QED) is 0.303. The monoisotopic (exact) mass is 444 g/mol. The van der Waals surface area contributed by atoms with Gasteiger partial charge in [0.25, 0.3) is 5.91 Å². The zero-order valence-corrected chi connectivity index (χ0v) is 19.2. The highest BCUT2D eigenvalue weighted by molar-refractivity contribution is 5.93. The van der Waals surface area contributed by atoms with Gasteiger partial charge in [-0.25, -0.2) is 0 Å². The van der Waals surface area contributed by atoms with Crippen LogP contribution in [0.15, 0.2) is 81.9 Å². The van der Waals surface area contributed by atoms with E-state index >= 15 is 0 Å². The Hall–Kier alpha value is -3.80. The number of aromatic nitrogens is 1. The summed E-state index contributed by atoms with van der Waals surface area (Å²) >= 11 is 0. The second-order valence-electron chi connectivity index (χ2n) is 8.17. The van der Waals surface area contributed by atoms with Crippen molar-refractivity contribution in [1.82, 2.24) is 10.1 Å². The van der Waals surface area contributed by atoms with E-state index in [1.165, 1.54) is 5.56 Å². The van der Waals surface area contributed by atoms with Crippen molar-refractivity contribution in [3.8, 4) is 17.1 Å². The van der Waals surface area contributed by atoms with Crippen LogP contribution in [0.3, 0.4) is 0 Å². The van der Waals surface area contributed by atoms with Crippen LogP contribution in [0.1, 0.15) is 54.1 Å². The van der Waals surface area contributed by atoms with E-state index in [4.69, 9.17) is 13.7 Å². The number of benzene rings is 2. The second kappa shape index (κ2) is 10.2. The number of carbonyl (C=O) groups is 1. The topological polar surface area (TPSA) is 68.7 Å². The predicted octanol–water partition coefficient (Wildman–Crippen LogP) is 6.30. The van der Waals surface area contributed by atoms with Gasteiger partial charge in [0.1, 0.15) is 11.5 Å². The van der Waals surface area contributed by atoms with Gasteiger partial charge in [0.15, 0.2) is 11.5 Å². The zero-order valence-electron chi connectivity index (χ0n) is 19.2. The largest absolute Gasteiger partial charge is 0.494 e. The van der Waals surface area contributed by atoms with Crippen LogP contribution in [0.2, 0.25) is 0 Å². The van der Waals surface area contributed by atoms with Gasteiger partial charge in [0.2, 0.25) is 0 Å². The summed E-state index contributed by atoms with van der Waals surface area (Å²) in [4.78, 5) is 15.1. The fraction of sp³-hybridized carbons (Fsp3) is 0.259. The highest BCUT2D eigenvalue weighted by Crippen LogP contribution is 2.25. The molecule has 2 aromatic heterocycles. The minimum atomic E-state index is -0.222. The smallest absolute Gasteiger partial charge is 0.276 e. The highest BCUT2D eigenvalue weighted by atomic mass is 16.5. The average Bonchev–Trinajstić information content (AvgIpc) is 3.52. The molecule has 0 aliphatic carbocycles. The van der Waals surface area contributed by atoms with Crippen LogP contribution in [-0.4, -0.2) is 22.6 Å². The lowest BCUT2D eigenvalue weighted by atomic mass is 10.0. The molecule has 4 rings (SSSR count). The highest BCUT2D eigenvalue weighted by Gasteiger charge is 2.22. The Morgan fingerprint density at radius 3 is 2.42 bits per heavy atom. The molecule has 6 nitrogen and oxygen atoms in total. The van der Waals surface area contributed by atoms with Crippen molar-refractivity contribution >= 4 is 5.91 Å². The van der Waals surface area contributed by atoms with Crippen LogP contribution in [0.25, 0.3) is 11.3 Å². The molecule has 170 valence electrons. The molecule has 0 saturated heterocycles. The van der Waals surface area contributed by atoms with Crippen LogP contribution in [-0.2, 0) is 13.1 Å². The van der Waals surface area contributed by atoms with Crippen molar-refractivity contribution in [2.45, 2.75) is 39.8 Å². The summed E-state index contributed by atoms with van der Waals surface area (Å²) in [5.41, 5.74) is 3.38. The summed E-state index contributed by atoms with van der Waals surface area (Å²) in [6.07, 6.45) is 1.61. The van der Waals surface area contributed by atoms with Crippen molar-refractivity contribution < 1.29 is 18.5 Å². The molecule has 0 N–H and O–H groups in total. The van der Waals surface area contributed by atoms with E-state index in [0.29, 0.717) is 37.1 Å². The number of amides is 1. The van der Waals surface area contributed by atoms with E-state index in [0.717, 1.165) is 16.9 Å². The van der Waals surface area contributed by atoms with Gasteiger partial charge >= 0.3 is 0 Å². The summed E-state index contributed by atoms with van der Waals surface area (Å²) in [5.74, 6) is 2.25. The van der Waals surface area contributed by atoms with Crippen molar-refractivity contribution in [3.05, 3.63) is 95.6 Å². The first-order valence-corrected chi connectivity index (χ1v) is 11.1. The summed E-state index contributed by atoms with van der Waals surface area (Å²) in [6.45, 7) is 7.64. The fourth-order valence-electron chi connectivity index (χ4n) is 3.57. The molecule has 0 unspecified atom stereocenters. The minimum absolute atomic E-state index is 0.222.